The van der Waals surface area contributed by atoms with Crippen molar-refractivity contribution in [1.82, 2.24) is 10.3 Å². The first-order valence-corrected chi connectivity index (χ1v) is 7.92. The summed E-state index contributed by atoms with van der Waals surface area (Å²) < 4.78 is 0. The van der Waals surface area contributed by atoms with Gasteiger partial charge >= 0.3 is 0 Å². The van der Waals surface area contributed by atoms with E-state index >= 15 is 0 Å². The minimum atomic E-state index is 0.666. The van der Waals surface area contributed by atoms with E-state index in [-0.39, 0.29) is 0 Å². The Labute approximate surface area is 125 Å². The van der Waals surface area contributed by atoms with Gasteiger partial charge in [-0.2, -0.15) is 0 Å². The zero-order chi connectivity index (χ0) is 14.4. The second kappa shape index (κ2) is 7.41. The maximum atomic E-state index is 4.26. The van der Waals surface area contributed by atoms with E-state index in [0.29, 0.717) is 5.92 Å². The van der Waals surface area contributed by atoms with Crippen LogP contribution in [0.1, 0.15) is 24.3 Å². The molecule has 0 radical (unpaired) electrons. The predicted octanol–water partition coefficient (Wildman–Crippen LogP) is 3.53. The summed E-state index contributed by atoms with van der Waals surface area (Å²) in [5.41, 5.74) is 2.51. The van der Waals surface area contributed by atoms with Crippen LogP contribution in [0.5, 0.6) is 0 Å². The second-order valence-electron chi connectivity index (χ2n) is 5.46. The largest absolute Gasteiger partial charge is 0.369 e. The third kappa shape index (κ3) is 4.32. The van der Waals surface area contributed by atoms with Gasteiger partial charge in [-0.05, 0) is 30.0 Å². The van der Waals surface area contributed by atoms with Gasteiger partial charge in [-0.3, -0.25) is 4.98 Å². The van der Waals surface area contributed by atoms with Crippen molar-refractivity contribution in [2.45, 2.75) is 26.9 Å². The van der Waals surface area contributed by atoms with E-state index in [0.717, 1.165) is 19.6 Å². The molecule has 4 heteroatoms. The van der Waals surface area contributed by atoms with Gasteiger partial charge < -0.3 is 10.2 Å². The zero-order valence-electron chi connectivity index (χ0n) is 12.5. The van der Waals surface area contributed by atoms with Gasteiger partial charge in [0.25, 0.3) is 0 Å². The molecule has 0 unspecified atom stereocenters. The maximum absolute atomic E-state index is 4.26. The first-order chi connectivity index (χ1) is 9.66. The summed E-state index contributed by atoms with van der Waals surface area (Å²) in [6, 6.07) is 6.38. The van der Waals surface area contributed by atoms with Crippen LogP contribution in [0.25, 0.3) is 0 Å². The van der Waals surface area contributed by atoms with Gasteiger partial charge in [0.2, 0.25) is 0 Å². The van der Waals surface area contributed by atoms with Crippen molar-refractivity contribution in [2.75, 3.05) is 18.5 Å². The van der Waals surface area contributed by atoms with Crippen molar-refractivity contribution in [3.63, 3.8) is 0 Å². The van der Waals surface area contributed by atoms with Crippen LogP contribution in [0.3, 0.4) is 0 Å². The number of pyridine rings is 1. The Morgan fingerprint density at radius 1 is 1.35 bits per heavy atom. The molecular weight excluding hydrogens is 266 g/mol. The van der Waals surface area contributed by atoms with E-state index in [1.54, 1.807) is 11.3 Å². The van der Waals surface area contributed by atoms with Gasteiger partial charge in [-0.25, -0.2) is 0 Å². The molecule has 0 aromatic carbocycles. The number of hydrogen-bond acceptors (Lipinski definition) is 4. The fourth-order valence-electron chi connectivity index (χ4n) is 2.15. The average molecular weight is 289 g/mol. The Balaban J connectivity index is 2.02. The molecule has 0 fully saturated rings. The molecule has 0 amide bonds. The van der Waals surface area contributed by atoms with Gasteiger partial charge in [-0.1, -0.05) is 19.9 Å². The number of thiophene rings is 1. The molecule has 0 atom stereocenters. The number of anilines is 1. The van der Waals surface area contributed by atoms with E-state index in [9.17, 15) is 0 Å². The van der Waals surface area contributed by atoms with Crippen LogP contribution in [-0.4, -0.2) is 18.6 Å². The Morgan fingerprint density at radius 3 is 2.90 bits per heavy atom. The van der Waals surface area contributed by atoms with E-state index in [1.807, 2.05) is 12.4 Å². The summed E-state index contributed by atoms with van der Waals surface area (Å²) in [6.07, 6.45) is 3.83. The summed E-state index contributed by atoms with van der Waals surface area (Å²) in [5.74, 6) is 0.666. The molecule has 2 aromatic heterocycles. The smallest absolute Gasteiger partial charge is 0.0519 e. The molecule has 2 rings (SSSR count). The molecule has 3 nitrogen and oxygen atoms in total. The highest BCUT2D eigenvalue weighted by Gasteiger charge is 2.08. The number of hydrogen-bond donors (Lipinski definition) is 1. The molecule has 20 heavy (non-hydrogen) atoms. The van der Waals surface area contributed by atoms with E-state index in [4.69, 9.17) is 0 Å². The van der Waals surface area contributed by atoms with Gasteiger partial charge in [0.15, 0.2) is 0 Å². The molecule has 0 aliphatic heterocycles. The molecule has 0 bridgehead atoms. The third-order valence-corrected chi connectivity index (χ3v) is 3.99. The summed E-state index contributed by atoms with van der Waals surface area (Å²) in [7, 11) is 2.14. The van der Waals surface area contributed by atoms with Crippen LogP contribution in [0, 0.1) is 5.92 Å². The SMILES string of the molecule is CC(C)CNCc1cnccc1N(C)Cc1cccs1. The summed E-state index contributed by atoms with van der Waals surface area (Å²) in [6.45, 7) is 7.29. The lowest BCUT2D eigenvalue weighted by Gasteiger charge is -2.22. The Morgan fingerprint density at radius 2 is 2.20 bits per heavy atom. The van der Waals surface area contributed by atoms with Crippen molar-refractivity contribution in [2.24, 2.45) is 5.92 Å². The van der Waals surface area contributed by atoms with Crippen molar-refractivity contribution >= 4 is 17.0 Å². The van der Waals surface area contributed by atoms with Gasteiger partial charge in [0.1, 0.15) is 0 Å². The van der Waals surface area contributed by atoms with Crippen LogP contribution in [-0.2, 0) is 13.1 Å². The van der Waals surface area contributed by atoms with Crippen LogP contribution in [0.2, 0.25) is 0 Å². The highest BCUT2D eigenvalue weighted by molar-refractivity contribution is 7.09. The molecule has 0 aliphatic rings. The molecule has 2 heterocycles. The number of nitrogens with one attached hydrogen (secondary N) is 1. The zero-order valence-corrected chi connectivity index (χ0v) is 13.3. The highest BCUT2D eigenvalue weighted by atomic mass is 32.1. The van der Waals surface area contributed by atoms with E-state index < -0.39 is 0 Å². The lowest BCUT2D eigenvalue weighted by atomic mass is 10.2. The van der Waals surface area contributed by atoms with Crippen LogP contribution < -0.4 is 10.2 Å². The number of nitrogens with zero attached hydrogens (tertiary/aromatic N) is 2. The lowest BCUT2D eigenvalue weighted by Crippen LogP contribution is -2.22. The topological polar surface area (TPSA) is 28.2 Å². The Bertz CT molecular complexity index is 508. The molecular formula is C16H23N3S. The Kier molecular flexibility index (Phi) is 5.56. The molecule has 0 spiro atoms. The van der Waals surface area contributed by atoms with Crippen molar-refractivity contribution in [3.05, 3.63) is 46.4 Å². The first-order valence-electron chi connectivity index (χ1n) is 7.04. The predicted molar refractivity (Wildman–Crippen MR) is 87.2 cm³/mol. The summed E-state index contributed by atoms with van der Waals surface area (Å²) in [4.78, 5) is 7.93. The van der Waals surface area contributed by atoms with Gasteiger partial charge in [-0.15, -0.1) is 11.3 Å². The van der Waals surface area contributed by atoms with Crippen molar-refractivity contribution < 1.29 is 0 Å². The number of rotatable bonds is 7. The fourth-order valence-corrected chi connectivity index (χ4v) is 2.90. The fraction of sp³-hybridized carbons (Fsp3) is 0.438. The third-order valence-electron chi connectivity index (χ3n) is 3.13. The normalized spacial score (nSPS) is 11.0. The van der Waals surface area contributed by atoms with E-state index in [1.165, 1.54) is 16.1 Å². The second-order valence-corrected chi connectivity index (χ2v) is 6.50. The van der Waals surface area contributed by atoms with E-state index in [2.05, 4.69) is 59.7 Å². The highest BCUT2D eigenvalue weighted by Crippen LogP contribution is 2.21. The minimum Gasteiger partial charge on any atom is -0.369 e. The maximum Gasteiger partial charge on any atom is 0.0519 e. The summed E-state index contributed by atoms with van der Waals surface area (Å²) in [5, 5.41) is 5.62. The van der Waals surface area contributed by atoms with Crippen LogP contribution >= 0.6 is 11.3 Å². The van der Waals surface area contributed by atoms with Gasteiger partial charge in [0.05, 0.1) is 6.54 Å². The molecule has 0 saturated carbocycles. The monoisotopic (exact) mass is 289 g/mol. The summed E-state index contributed by atoms with van der Waals surface area (Å²) >= 11 is 1.80. The van der Waals surface area contributed by atoms with Crippen LogP contribution in [0.4, 0.5) is 5.69 Å². The van der Waals surface area contributed by atoms with Crippen molar-refractivity contribution in [1.29, 1.82) is 0 Å². The number of aromatic nitrogens is 1. The molecule has 0 saturated heterocycles. The molecule has 1 N–H and O–H groups in total. The first kappa shape index (κ1) is 15.0. The molecule has 2 aromatic rings. The van der Waals surface area contributed by atoms with Crippen LogP contribution in [0.15, 0.2) is 36.0 Å². The molecule has 0 aliphatic carbocycles. The minimum absolute atomic E-state index is 0.666. The molecule has 108 valence electrons. The average Bonchev–Trinajstić information content (AvgIpc) is 2.91. The Hall–Kier alpha value is -1.39. The van der Waals surface area contributed by atoms with Gasteiger partial charge in [0, 0.05) is 42.1 Å². The lowest BCUT2D eigenvalue weighted by molar-refractivity contribution is 0.551. The van der Waals surface area contributed by atoms with Crippen molar-refractivity contribution in [3.8, 4) is 0 Å². The quantitative estimate of drug-likeness (QED) is 0.845. The standard InChI is InChI=1S/C16H23N3S/c1-13(2)9-18-11-14-10-17-7-6-16(14)19(3)12-15-5-4-8-20-15/h4-8,10,13,18H,9,11-12H2,1-3H3.